The van der Waals surface area contributed by atoms with Crippen molar-refractivity contribution in [3.63, 3.8) is 0 Å². The van der Waals surface area contributed by atoms with Gasteiger partial charge in [0.1, 0.15) is 5.65 Å². The minimum Gasteiger partial charge on any atom is -0.481 e. The lowest BCUT2D eigenvalue weighted by Gasteiger charge is -2.08. The first-order chi connectivity index (χ1) is 7.66. The monoisotopic (exact) mass is 219 g/mol. The van der Waals surface area contributed by atoms with E-state index in [9.17, 15) is 4.79 Å². The molecule has 0 saturated heterocycles. The topological polar surface area (TPSA) is 80.6 Å². The Kier molecular flexibility index (Phi) is 2.87. The zero-order valence-corrected chi connectivity index (χ0v) is 8.71. The third-order valence-electron chi connectivity index (χ3n) is 2.40. The second-order valence-electron chi connectivity index (χ2n) is 3.74. The molecule has 0 saturated carbocycles. The quantitative estimate of drug-likeness (QED) is 0.792. The molecule has 2 aromatic rings. The summed E-state index contributed by atoms with van der Waals surface area (Å²) in [5.41, 5.74) is 7.52. The van der Waals surface area contributed by atoms with Crippen LogP contribution in [0.2, 0.25) is 0 Å². The van der Waals surface area contributed by atoms with Crippen LogP contribution in [0, 0.1) is 0 Å². The van der Waals surface area contributed by atoms with Crippen molar-refractivity contribution in [3.05, 3.63) is 36.3 Å². The molecule has 3 N–H and O–H groups in total. The molecule has 5 nitrogen and oxygen atoms in total. The minimum absolute atomic E-state index is 0.0277. The molecule has 0 bridgehead atoms. The molecule has 0 spiro atoms. The van der Waals surface area contributed by atoms with E-state index in [0.29, 0.717) is 6.42 Å². The van der Waals surface area contributed by atoms with Gasteiger partial charge in [0.2, 0.25) is 0 Å². The van der Waals surface area contributed by atoms with Gasteiger partial charge in [-0.1, -0.05) is 6.07 Å². The summed E-state index contributed by atoms with van der Waals surface area (Å²) in [5, 5.41) is 8.62. The Morgan fingerprint density at radius 2 is 2.38 bits per heavy atom. The van der Waals surface area contributed by atoms with Crippen LogP contribution in [0.4, 0.5) is 0 Å². The van der Waals surface area contributed by atoms with Gasteiger partial charge in [-0.15, -0.1) is 0 Å². The van der Waals surface area contributed by atoms with E-state index >= 15 is 0 Å². The van der Waals surface area contributed by atoms with Gasteiger partial charge in [0.15, 0.2) is 0 Å². The maximum atomic E-state index is 10.5. The largest absolute Gasteiger partial charge is 0.481 e. The Balaban J connectivity index is 2.18. The number of carboxylic acids is 1. The van der Waals surface area contributed by atoms with Crippen LogP contribution in [-0.2, 0) is 11.2 Å². The fraction of sp³-hybridized carbons (Fsp3) is 0.273. The Bertz CT molecular complexity index is 507. The highest BCUT2D eigenvalue weighted by Crippen LogP contribution is 2.08. The van der Waals surface area contributed by atoms with Crippen molar-refractivity contribution in [3.8, 4) is 0 Å². The highest BCUT2D eigenvalue weighted by molar-refractivity contribution is 5.67. The molecule has 84 valence electrons. The van der Waals surface area contributed by atoms with Gasteiger partial charge in [-0.3, -0.25) is 4.79 Å². The summed E-state index contributed by atoms with van der Waals surface area (Å²) in [4.78, 5) is 14.7. The van der Waals surface area contributed by atoms with E-state index in [2.05, 4.69) is 4.98 Å². The van der Waals surface area contributed by atoms with Crippen LogP contribution in [0.3, 0.4) is 0 Å². The van der Waals surface area contributed by atoms with Crippen molar-refractivity contribution in [2.75, 3.05) is 0 Å². The first kappa shape index (κ1) is 10.6. The molecule has 2 aromatic heterocycles. The van der Waals surface area contributed by atoms with Crippen molar-refractivity contribution in [1.29, 1.82) is 0 Å². The van der Waals surface area contributed by atoms with E-state index in [-0.39, 0.29) is 12.5 Å². The van der Waals surface area contributed by atoms with E-state index in [4.69, 9.17) is 10.8 Å². The van der Waals surface area contributed by atoms with E-state index in [1.54, 1.807) is 6.20 Å². The summed E-state index contributed by atoms with van der Waals surface area (Å²) in [6, 6.07) is 5.33. The smallest absolute Gasteiger partial charge is 0.304 e. The predicted molar refractivity (Wildman–Crippen MR) is 59.1 cm³/mol. The molecule has 0 radical (unpaired) electrons. The summed E-state index contributed by atoms with van der Waals surface area (Å²) in [5.74, 6) is -0.874. The summed E-state index contributed by atoms with van der Waals surface area (Å²) in [7, 11) is 0. The number of rotatable bonds is 4. The number of fused-ring (bicyclic) bond motifs is 1. The molecular weight excluding hydrogens is 206 g/mol. The lowest BCUT2D eigenvalue weighted by atomic mass is 10.1. The molecule has 2 heterocycles. The van der Waals surface area contributed by atoms with Gasteiger partial charge in [-0.2, -0.15) is 0 Å². The number of hydrogen-bond donors (Lipinski definition) is 2. The van der Waals surface area contributed by atoms with Crippen LogP contribution >= 0.6 is 0 Å². The van der Waals surface area contributed by atoms with Crippen LogP contribution in [0.25, 0.3) is 5.65 Å². The van der Waals surface area contributed by atoms with E-state index in [1.165, 1.54) is 0 Å². The average Bonchev–Trinajstić information content (AvgIpc) is 2.61. The molecule has 0 aliphatic carbocycles. The van der Waals surface area contributed by atoms with E-state index in [0.717, 1.165) is 11.3 Å². The molecule has 0 fully saturated rings. The van der Waals surface area contributed by atoms with Crippen LogP contribution in [0.5, 0.6) is 0 Å². The summed E-state index contributed by atoms with van der Waals surface area (Å²) in [6.07, 6.45) is 4.11. The number of nitrogens with zero attached hydrogens (tertiary/aromatic N) is 2. The first-order valence-electron chi connectivity index (χ1n) is 5.05. The number of aromatic nitrogens is 2. The lowest BCUT2D eigenvalue weighted by Crippen LogP contribution is -2.26. The molecule has 2 rings (SSSR count). The standard InChI is InChI=1S/C11H13N3O2/c12-8(6-11(15)16)5-9-7-13-10-3-1-2-4-14(9)10/h1-4,7-8H,5-6,12H2,(H,15,16). The fourth-order valence-electron chi connectivity index (χ4n) is 1.70. The van der Waals surface area contributed by atoms with Gasteiger partial charge < -0.3 is 15.2 Å². The molecule has 0 aliphatic heterocycles. The van der Waals surface area contributed by atoms with Gasteiger partial charge in [0.25, 0.3) is 0 Å². The van der Waals surface area contributed by atoms with E-state index in [1.807, 2.05) is 28.8 Å². The summed E-state index contributed by atoms with van der Waals surface area (Å²) in [6.45, 7) is 0. The van der Waals surface area contributed by atoms with Crippen molar-refractivity contribution in [2.24, 2.45) is 5.73 Å². The molecule has 0 aromatic carbocycles. The second-order valence-corrected chi connectivity index (χ2v) is 3.74. The molecule has 5 heteroatoms. The lowest BCUT2D eigenvalue weighted by molar-refractivity contribution is -0.137. The summed E-state index contributed by atoms with van der Waals surface area (Å²) >= 11 is 0. The van der Waals surface area contributed by atoms with E-state index < -0.39 is 5.97 Å². The molecular formula is C11H13N3O2. The van der Waals surface area contributed by atoms with Crippen LogP contribution in [0.1, 0.15) is 12.1 Å². The van der Waals surface area contributed by atoms with Gasteiger partial charge in [-0.25, -0.2) is 4.98 Å². The average molecular weight is 219 g/mol. The molecule has 16 heavy (non-hydrogen) atoms. The van der Waals surface area contributed by atoms with Crippen LogP contribution < -0.4 is 5.73 Å². The normalized spacial score (nSPS) is 12.8. The highest BCUT2D eigenvalue weighted by Gasteiger charge is 2.11. The molecule has 1 unspecified atom stereocenters. The number of aliphatic carboxylic acids is 1. The predicted octanol–water partition coefficient (Wildman–Crippen LogP) is 0.679. The Morgan fingerprint density at radius 3 is 3.12 bits per heavy atom. The SMILES string of the molecule is NC(CC(=O)O)Cc1cnc2ccccn12. The number of nitrogens with two attached hydrogens (primary N) is 1. The Morgan fingerprint density at radius 1 is 1.56 bits per heavy atom. The maximum absolute atomic E-state index is 10.5. The van der Waals surface area contributed by atoms with Gasteiger partial charge in [-0.05, 0) is 12.1 Å². The zero-order chi connectivity index (χ0) is 11.5. The van der Waals surface area contributed by atoms with Gasteiger partial charge in [0, 0.05) is 30.6 Å². The number of carbonyl (C=O) groups is 1. The number of carboxylic acid groups (broad SMARTS) is 1. The third kappa shape index (κ3) is 2.20. The van der Waals surface area contributed by atoms with Crippen LogP contribution in [0.15, 0.2) is 30.6 Å². The fourth-order valence-corrected chi connectivity index (χ4v) is 1.70. The molecule has 1 atom stereocenters. The van der Waals surface area contributed by atoms with Crippen LogP contribution in [-0.4, -0.2) is 26.5 Å². The van der Waals surface area contributed by atoms with Crippen molar-refractivity contribution in [1.82, 2.24) is 9.38 Å². The number of hydrogen-bond acceptors (Lipinski definition) is 3. The third-order valence-corrected chi connectivity index (χ3v) is 2.40. The summed E-state index contributed by atoms with van der Waals surface area (Å²) < 4.78 is 1.92. The Labute approximate surface area is 92.5 Å². The highest BCUT2D eigenvalue weighted by atomic mass is 16.4. The molecule has 0 aliphatic rings. The number of pyridine rings is 1. The number of imidazole rings is 1. The van der Waals surface area contributed by atoms with Gasteiger partial charge >= 0.3 is 5.97 Å². The van der Waals surface area contributed by atoms with Gasteiger partial charge in [0.05, 0.1) is 6.42 Å². The van der Waals surface area contributed by atoms with Crippen molar-refractivity contribution in [2.45, 2.75) is 18.9 Å². The molecule has 0 amide bonds. The maximum Gasteiger partial charge on any atom is 0.304 e. The second kappa shape index (κ2) is 4.32. The zero-order valence-electron chi connectivity index (χ0n) is 8.71. The van der Waals surface area contributed by atoms with Crippen molar-refractivity contribution >= 4 is 11.6 Å². The Hall–Kier alpha value is -1.88. The minimum atomic E-state index is -0.874. The first-order valence-corrected chi connectivity index (χ1v) is 5.05. The van der Waals surface area contributed by atoms with Crippen molar-refractivity contribution < 1.29 is 9.90 Å².